The molecule has 1 aliphatic carbocycles. The van der Waals surface area contributed by atoms with E-state index in [0.717, 1.165) is 18.9 Å². The molecule has 0 spiro atoms. The van der Waals surface area contributed by atoms with Crippen LogP contribution < -0.4 is 10.6 Å². The SMILES string of the molecule is C[C@@H](NC(=NCC1CCS(=O)(=O)C1)NC1CC1)c1ccc(F)cc1F. The van der Waals surface area contributed by atoms with Crippen molar-refractivity contribution in [3.8, 4) is 0 Å². The lowest BCUT2D eigenvalue weighted by Gasteiger charge is -2.19. The lowest BCUT2D eigenvalue weighted by molar-refractivity contribution is 0.548. The molecule has 0 radical (unpaired) electrons. The van der Waals surface area contributed by atoms with Gasteiger partial charge in [-0.1, -0.05) is 6.07 Å². The largest absolute Gasteiger partial charge is 0.354 e. The normalized spacial score (nSPS) is 24.1. The van der Waals surface area contributed by atoms with Crippen LogP contribution in [0.5, 0.6) is 0 Å². The van der Waals surface area contributed by atoms with E-state index in [1.54, 1.807) is 6.92 Å². The van der Waals surface area contributed by atoms with Crippen LogP contribution in [-0.4, -0.2) is 38.5 Å². The summed E-state index contributed by atoms with van der Waals surface area (Å²) in [5.41, 5.74) is 0.357. The summed E-state index contributed by atoms with van der Waals surface area (Å²) in [5, 5.41) is 6.40. The highest BCUT2D eigenvalue weighted by Crippen LogP contribution is 2.21. The zero-order chi connectivity index (χ0) is 18.0. The van der Waals surface area contributed by atoms with E-state index in [1.165, 1.54) is 12.1 Å². The monoisotopic (exact) mass is 371 g/mol. The zero-order valence-corrected chi connectivity index (χ0v) is 15.0. The number of nitrogens with one attached hydrogen (secondary N) is 2. The van der Waals surface area contributed by atoms with Crippen molar-refractivity contribution in [1.82, 2.24) is 10.6 Å². The van der Waals surface area contributed by atoms with Gasteiger partial charge in [0.05, 0.1) is 17.5 Å². The first-order chi connectivity index (χ1) is 11.8. The molecule has 1 saturated heterocycles. The fourth-order valence-corrected chi connectivity index (χ4v) is 4.78. The third kappa shape index (κ3) is 5.14. The van der Waals surface area contributed by atoms with Crippen molar-refractivity contribution in [3.63, 3.8) is 0 Å². The van der Waals surface area contributed by atoms with Crippen molar-refractivity contribution in [2.45, 2.75) is 38.3 Å². The maximum atomic E-state index is 13.9. The van der Waals surface area contributed by atoms with E-state index in [4.69, 9.17) is 0 Å². The molecule has 1 heterocycles. The van der Waals surface area contributed by atoms with Crippen LogP contribution in [0.1, 0.15) is 37.8 Å². The minimum atomic E-state index is -2.92. The Kier molecular flexibility index (Phi) is 5.27. The molecule has 2 aliphatic rings. The predicted molar refractivity (Wildman–Crippen MR) is 93.1 cm³/mol. The maximum absolute atomic E-state index is 13.9. The van der Waals surface area contributed by atoms with Crippen molar-refractivity contribution in [1.29, 1.82) is 0 Å². The van der Waals surface area contributed by atoms with Gasteiger partial charge < -0.3 is 10.6 Å². The Morgan fingerprint density at radius 3 is 2.68 bits per heavy atom. The van der Waals surface area contributed by atoms with Gasteiger partial charge in [-0.15, -0.1) is 0 Å². The van der Waals surface area contributed by atoms with Crippen LogP contribution in [0.4, 0.5) is 8.78 Å². The van der Waals surface area contributed by atoms with Crippen LogP contribution in [-0.2, 0) is 9.84 Å². The van der Waals surface area contributed by atoms with Crippen molar-refractivity contribution in [2.24, 2.45) is 10.9 Å². The average molecular weight is 371 g/mol. The standard InChI is InChI=1S/C17H23F2N3O2S/c1-11(15-5-2-13(18)8-16(15)19)21-17(22-14-3-4-14)20-9-12-6-7-25(23,24)10-12/h2,5,8,11-12,14H,3-4,6-7,9-10H2,1H3,(H2,20,21,22)/t11-,12?/m1/s1. The summed E-state index contributed by atoms with van der Waals surface area (Å²) in [5.74, 6) is -0.240. The molecule has 8 heteroatoms. The van der Waals surface area contributed by atoms with Crippen molar-refractivity contribution in [3.05, 3.63) is 35.4 Å². The molecule has 138 valence electrons. The van der Waals surface area contributed by atoms with Gasteiger partial charge in [0.15, 0.2) is 15.8 Å². The number of aliphatic imine (C=N–C) groups is 1. The Hall–Kier alpha value is -1.70. The molecule has 1 saturated carbocycles. The van der Waals surface area contributed by atoms with Gasteiger partial charge in [-0.25, -0.2) is 17.2 Å². The summed E-state index contributed by atoms with van der Waals surface area (Å²) < 4.78 is 50.1. The van der Waals surface area contributed by atoms with Gasteiger partial charge in [0.1, 0.15) is 11.6 Å². The lowest BCUT2D eigenvalue weighted by atomic mass is 10.1. The Morgan fingerprint density at radius 2 is 2.08 bits per heavy atom. The van der Waals surface area contributed by atoms with E-state index in [1.807, 2.05) is 0 Å². The molecule has 0 aromatic heterocycles. The highest BCUT2D eigenvalue weighted by Gasteiger charge is 2.28. The van der Waals surface area contributed by atoms with Crippen LogP contribution in [0.2, 0.25) is 0 Å². The minimum Gasteiger partial charge on any atom is -0.354 e. The van der Waals surface area contributed by atoms with E-state index in [9.17, 15) is 17.2 Å². The molecule has 0 amide bonds. The van der Waals surface area contributed by atoms with Gasteiger partial charge in [-0.05, 0) is 38.2 Å². The van der Waals surface area contributed by atoms with E-state index < -0.39 is 27.5 Å². The van der Waals surface area contributed by atoms with Crippen LogP contribution in [0.3, 0.4) is 0 Å². The first kappa shape index (κ1) is 18.1. The molecule has 2 atom stereocenters. The highest BCUT2D eigenvalue weighted by molar-refractivity contribution is 7.91. The Bertz CT molecular complexity index is 763. The Labute approximate surface area is 146 Å². The minimum absolute atomic E-state index is 0.0284. The van der Waals surface area contributed by atoms with Crippen LogP contribution >= 0.6 is 0 Å². The summed E-state index contributed by atoms with van der Waals surface area (Å²) in [4.78, 5) is 4.50. The molecule has 0 bridgehead atoms. The molecule has 2 fully saturated rings. The molecular weight excluding hydrogens is 348 g/mol. The summed E-state index contributed by atoms with van der Waals surface area (Å²) in [6, 6.07) is 3.47. The van der Waals surface area contributed by atoms with Gasteiger partial charge in [-0.3, -0.25) is 4.99 Å². The molecule has 3 rings (SSSR count). The van der Waals surface area contributed by atoms with Crippen LogP contribution in [0.15, 0.2) is 23.2 Å². The molecule has 1 unspecified atom stereocenters. The number of nitrogens with zero attached hydrogens (tertiary/aromatic N) is 1. The van der Waals surface area contributed by atoms with Gasteiger partial charge in [0, 0.05) is 24.2 Å². The molecular formula is C17H23F2N3O2S. The third-order valence-corrected chi connectivity index (χ3v) is 6.37. The predicted octanol–water partition coefficient (Wildman–Crippen LogP) is 2.16. The molecule has 1 aliphatic heterocycles. The number of rotatable bonds is 5. The number of sulfone groups is 1. The Balaban J connectivity index is 1.66. The van der Waals surface area contributed by atoms with E-state index in [2.05, 4.69) is 15.6 Å². The second-order valence-electron chi connectivity index (χ2n) is 6.91. The van der Waals surface area contributed by atoms with Crippen LogP contribution in [0.25, 0.3) is 0 Å². The number of halogens is 2. The molecule has 1 aromatic rings. The van der Waals surface area contributed by atoms with Crippen molar-refractivity contribution < 1.29 is 17.2 Å². The Morgan fingerprint density at radius 1 is 1.32 bits per heavy atom. The average Bonchev–Trinajstić information content (AvgIpc) is 3.26. The quantitative estimate of drug-likeness (QED) is 0.615. The van der Waals surface area contributed by atoms with Crippen LogP contribution in [0, 0.1) is 17.6 Å². The van der Waals surface area contributed by atoms with Crippen molar-refractivity contribution >= 4 is 15.8 Å². The summed E-state index contributed by atoms with van der Waals surface area (Å²) in [6.45, 7) is 2.19. The first-order valence-corrected chi connectivity index (χ1v) is 10.4. The smallest absolute Gasteiger partial charge is 0.191 e. The number of hydrogen-bond donors (Lipinski definition) is 2. The summed E-state index contributed by atoms with van der Waals surface area (Å²) in [6.07, 6.45) is 2.74. The first-order valence-electron chi connectivity index (χ1n) is 8.55. The second-order valence-corrected chi connectivity index (χ2v) is 9.14. The number of hydrogen-bond acceptors (Lipinski definition) is 3. The lowest BCUT2D eigenvalue weighted by Crippen LogP contribution is -2.40. The van der Waals surface area contributed by atoms with E-state index >= 15 is 0 Å². The van der Waals surface area contributed by atoms with E-state index in [0.29, 0.717) is 30.5 Å². The maximum Gasteiger partial charge on any atom is 0.191 e. The molecule has 2 N–H and O–H groups in total. The van der Waals surface area contributed by atoms with E-state index in [-0.39, 0.29) is 17.4 Å². The van der Waals surface area contributed by atoms with Gasteiger partial charge in [-0.2, -0.15) is 0 Å². The van der Waals surface area contributed by atoms with Gasteiger partial charge >= 0.3 is 0 Å². The molecule has 5 nitrogen and oxygen atoms in total. The topological polar surface area (TPSA) is 70.6 Å². The number of benzene rings is 1. The summed E-state index contributed by atoms with van der Waals surface area (Å²) in [7, 11) is -2.92. The third-order valence-electron chi connectivity index (χ3n) is 4.53. The van der Waals surface area contributed by atoms with Gasteiger partial charge in [0.25, 0.3) is 0 Å². The molecule has 1 aromatic carbocycles. The highest BCUT2D eigenvalue weighted by atomic mass is 32.2. The zero-order valence-electron chi connectivity index (χ0n) is 14.1. The fraction of sp³-hybridized carbons (Fsp3) is 0.588. The van der Waals surface area contributed by atoms with Gasteiger partial charge in [0.2, 0.25) is 0 Å². The molecule has 25 heavy (non-hydrogen) atoms. The van der Waals surface area contributed by atoms with Crippen molar-refractivity contribution in [2.75, 3.05) is 18.1 Å². The summed E-state index contributed by atoms with van der Waals surface area (Å²) >= 11 is 0. The number of guanidine groups is 1. The fourth-order valence-electron chi connectivity index (χ4n) is 2.93. The second kappa shape index (κ2) is 7.27.